The SMILES string of the molecule is CC[C@H](Nc1cc(C)c(-c2sc(C(=O)N[C@H](C)[C@H](C)O)nc2C(=O)N2CCC[C@@H]2C)cn1)C(F)(F)F. The van der Waals surface area contributed by atoms with Crippen LogP contribution in [-0.4, -0.2) is 68.7 Å². The lowest BCUT2D eigenvalue weighted by atomic mass is 10.1. The van der Waals surface area contributed by atoms with Gasteiger partial charge in [0.25, 0.3) is 11.8 Å². The molecule has 36 heavy (non-hydrogen) atoms. The van der Waals surface area contributed by atoms with Crippen LogP contribution in [0.1, 0.15) is 72.8 Å². The molecule has 0 saturated carbocycles. The summed E-state index contributed by atoms with van der Waals surface area (Å²) in [7, 11) is 0. The van der Waals surface area contributed by atoms with E-state index in [1.54, 1.807) is 25.7 Å². The number of hydrogen-bond acceptors (Lipinski definition) is 7. The summed E-state index contributed by atoms with van der Waals surface area (Å²) in [4.78, 5) is 36.9. The molecule has 198 valence electrons. The highest BCUT2D eigenvalue weighted by Crippen LogP contribution is 2.35. The number of carbonyl (C=O) groups is 2. The minimum absolute atomic E-state index is 0.0266. The van der Waals surface area contributed by atoms with Crippen LogP contribution in [0.5, 0.6) is 0 Å². The Morgan fingerprint density at radius 3 is 2.56 bits per heavy atom. The van der Waals surface area contributed by atoms with E-state index in [-0.39, 0.29) is 34.9 Å². The molecule has 1 aliphatic rings. The zero-order valence-corrected chi connectivity index (χ0v) is 21.8. The molecule has 1 saturated heterocycles. The molecule has 0 aliphatic carbocycles. The van der Waals surface area contributed by atoms with E-state index in [2.05, 4.69) is 20.6 Å². The second-order valence-corrected chi connectivity index (χ2v) is 10.2. The highest BCUT2D eigenvalue weighted by Gasteiger charge is 2.38. The lowest BCUT2D eigenvalue weighted by Crippen LogP contribution is -2.39. The number of nitrogens with zero attached hydrogens (tertiary/aromatic N) is 3. The largest absolute Gasteiger partial charge is 0.408 e. The number of amides is 2. The van der Waals surface area contributed by atoms with E-state index >= 15 is 0 Å². The van der Waals surface area contributed by atoms with Crippen molar-refractivity contribution in [2.75, 3.05) is 11.9 Å². The Bertz CT molecular complexity index is 1110. The van der Waals surface area contributed by atoms with Crippen molar-refractivity contribution >= 4 is 29.0 Å². The Morgan fingerprint density at radius 2 is 2.03 bits per heavy atom. The molecule has 0 aromatic carbocycles. The van der Waals surface area contributed by atoms with Crippen LogP contribution >= 0.6 is 11.3 Å². The van der Waals surface area contributed by atoms with Gasteiger partial charge in [-0.1, -0.05) is 6.92 Å². The number of hydrogen-bond donors (Lipinski definition) is 3. The van der Waals surface area contributed by atoms with Gasteiger partial charge in [0.1, 0.15) is 17.6 Å². The van der Waals surface area contributed by atoms with Crippen molar-refractivity contribution in [2.45, 2.75) is 84.3 Å². The Hall–Kier alpha value is -2.73. The average Bonchev–Trinajstić information content (AvgIpc) is 3.43. The summed E-state index contributed by atoms with van der Waals surface area (Å²) in [6.45, 7) is 8.87. The number of rotatable bonds is 8. The molecular weight excluding hydrogens is 495 g/mol. The molecule has 4 atom stereocenters. The number of pyridine rings is 1. The number of thiazole rings is 1. The van der Waals surface area contributed by atoms with Crippen molar-refractivity contribution in [1.82, 2.24) is 20.2 Å². The van der Waals surface area contributed by atoms with Gasteiger partial charge in [-0.05, 0) is 58.6 Å². The van der Waals surface area contributed by atoms with Crippen molar-refractivity contribution in [2.24, 2.45) is 0 Å². The van der Waals surface area contributed by atoms with E-state index in [1.165, 1.54) is 19.2 Å². The number of anilines is 1. The summed E-state index contributed by atoms with van der Waals surface area (Å²) in [6.07, 6.45) is -2.23. The molecule has 0 spiro atoms. The summed E-state index contributed by atoms with van der Waals surface area (Å²) in [5.41, 5.74) is 1.20. The predicted molar refractivity (Wildman–Crippen MR) is 132 cm³/mol. The molecule has 1 fully saturated rings. The number of likely N-dealkylation sites (tertiary alicyclic amines) is 1. The Morgan fingerprint density at radius 1 is 1.33 bits per heavy atom. The summed E-state index contributed by atoms with van der Waals surface area (Å²) in [6, 6.07) is -0.750. The van der Waals surface area contributed by atoms with Gasteiger partial charge in [-0.2, -0.15) is 13.2 Å². The normalized spacial score (nSPS) is 18.6. The van der Waals surface area contributed by atoms with Crippen LogP contribution < -0.4 is 10.6 Å². The van der Waals surface area contributed by atoms with Crippen LogP contribution in [0.4, 0.5) is 19.0 Å². The third-order valence-corrected chi connectivity index (χ3v) is 7.49. The molecule has 8 nitrogen and oxygen atoms in total. The first kappa shape index (κ1) is 27.9. The van der Waals surface area contributed by atoms with E-state index in [0.29, 0.717) is 22.5 Å². The quantitative estimate of drug-likeness (QED) is 0.470. The van der Waals surface area contributed by atoms with Crippen LogP contribution in [0.15, 0.2) is 12.3 Å². The maximum absolute atomic E-state index is 13.4. The van der Waals surface area contributed by atoms with E-state index in [4.69, 9.17) is 0 Å². The first-order valence-corrected chi connectivity index (χ1v) is 12.8. The van der Waals surface area contributed by atoms with Crippen LogP contribution in [0.3, 0.4) is 0 Å². The molecular formula is C24H32F3N5O3S. The monoisotopic (exact) mass is 527 g/mol. The van der Waals surface area contributed by atoms with Gasteiger partial charge in [0.2, 0.25) is 0 Å². The molecule has 2 aromatic rings. The predicted octanol–water partition coefficient (Wildman–Crippen LogP) is 4.39. The van der Waals surface area contributed by atoms with Crippen molar-refractivity contribution in [3.63, 3.8) is 0 Å². The first-order valence-electron chi connectivity index (χ1n) is 11.9. The second-order valence-electron chi connectivity index (χ2n) is 9.22. The van der Waals surface area contributed by atoms with Gasteiger partial charge in [-0.15, -0.1) is 11.3 Å². The lowest BCUT2D eigenvalue weighted by Gasteiger charge is -2.22. The van der Waals surface area contributed by atoms with Crippen LogP contribution in [0, 0.1) is 6.92 Å². The maximum atomic E-state index is 13.4. The number of alkyl halides is 3. The zero-order valence-electron chi connectivity index (χ0n) is 20.9. The fraction of sp³-hybridized carbons (Fsp3) is 0.583. The number of aliphatic hydroxyl groups excluding tert-OH is 1. The Labute approximate surface area is 212 Å². The number of aryl methyl sites for hydroxylation is 1. The standard InChI is InChI=1S/C24H32F3N5O3S/c1-6-17(24(25,26)27)30-18-10-12(2)16(11-28-18)20-19(23(35)32-9-7-8-13(32)3)31-22(36-20)21(34)29-14(4)15(5)33/h10-11,13-15,17,33H,6-9H2,1-5H3,(H,28,30)(H,29,34)/t13-,14+,15-,17-/m0/s1. The van der Waals surface area contributed by atoms with E-state index < -0.39 is 30.3 Å². The van der Waals surface area contributed by atoms with Gasteiger partial charge in [-0.3, -0.25) is 9.59 Å². The number of aromatic nitrogens is 2. The third-order valence-electron chi connectivity index (χ3n) is 6.40. The number of carbonyl (C=O) groups excluding carboxylic acids is 2. The summed E-state index contributed by atoms with van der Waals surface area (Å²) < 4.78 is 39.6. The topological polar surface area (TPSA) is 107 Å². The van der Waals surface area contributed by atoms with Crippen molar-refractivity contribution in [3.8, 4) is 10.4 Å². The molecule has 12 heteroatoms. The van der Waals surface area contributed by atoms with E-state index in [1.807, 2.05) is 6.92 Å². The fourth-order valence-electron chi connectivity index (χ4n) is 3.97. The van der Waals surface area contributed by atoms with Crippen LogP contribution in [-0.2, 0) is 0 Å². The van der Waals surface area contributed by atoms with Gasteiger partial charge in [-0.25, -0.2) is 9.97 Å². The zero-order chi connectivity index (χ0) is 26.8. The number of halogens is 3. The van der Waals surface area contributed by atoms with Gasteiger partial charge < -0.3 is 20.6 Å². The van der Waals surface area contributed by atoms with Gasteiger partial charge in [0.15, 0.2) is 5.01 Å². The second kappa shape index (κ2) is 11.1. The van der Waals surface area contributed by atoms with Crippen LogP contribution in [0.2, 0.25) is 0 Å². The minimum Gasteiger partial charge on any atom is -0.391 e. The van der Waals surface area contributed by atoms with Gasteiger partial charge >= 0.3 is 6.18 Å². The molecule has 0 unspecified atom stereocenters. The van der Waals surface area contributed by atoms with Crippen LogP contribution in [0.25, 0.3) is 10.4 Å². The Kier molecular flexibility index (Phi) is 8.60. The van der Waals surface area contributed by atoms with E-state index in [9.17, 15) is 27.9 Å². The first-order chi connectivity index (χ1) is 16.8. The molecule has 2 amide bonds. The Balaban J connectivity index is 2.00. The van der Waals surface area contributed by atoms with Crippen molar-refractivity contribution in [3.05, 3.63) is 28.5 Å². The lowest BCUT2D eigenvalue weighted by molar-refractivity contribution is -0.142. The molecule has 3 N–H and O–H groups in total. The molecule has 3 heterocycles. The molecule has 3 rings (SSSR count). The maximum Gasteiger partial charge on any atom is 0.408 e. The van der Waals surface area contributed by atoms with E-state index in [0.717, 1.165) is 24.2 Å². The number of nitrogens with one attached hydrogen (secondary N) is 2. The summed E-state index contributed by atoms with van der Waals surface area (Å²) >= 11 is 1.01. The smallest absolute Gasteiger partial charge is 0.391 e. The average molecular weight is 528 g/mol. The fourth-order valence-corrected chi connectivity index (χ4v) is 5.01. The summed E-state index contributed by atoms with van der Waals surface area (Å²) in [5.74, 6) is -0.767. The highest BCUT2D eigenvalue weighted by molar-refractivity contribution is 7.17. The third kappa shape index (κ3) is 6.15. The van der Waals surface area contributed by atoms with Crippen molar-refractivity contribution in [1.29, 1.82) is 0 Å². The molecule has 1 aliphatic heterocycles. The highest BCUT2D eigenvalue weighted by atomic mass is 32.1. The molecule has 0 radical (unpaired) electrons. The van der Waals surface area contributed by atoms with Gasteiger partial charge in [0.05, 0.1) is 17.0 Å². The molecule has 0 bridgehead atoms. The number of aliphatic hydroxyl groups is 1. The molecule has 2 aromatic heterocycles. The van der Waals surface area contributed by atoms with Gasteiger partial charge in [0, 0.05) is 24.3 Å². The summed E-state index contributed by atoms with van der Waals surface area (Å²) in [5, 5.41) is 14.9. The van der Waals surface area contributed by atoms with Crippen molar-refractivity contribution < 1.29 is 27.9 Å². The minimum atomic E-state index is -4.42.